The van der Waals surface area contributed by atoms with Gasteiger partial charge in [0.25, 0.3) is 0 Å². The van der Waals surface area contributed by atoms with Crippen LogP contribution in [-0.2, 0) is 4.74 Å². The Morgan fingerprint density at radius 1 is 1.41 bits per heavy atom. The minimum atomic E-state index is -0.436. The van der Waals surface area contributed by atoms with Crippen molar-refractivity contribution >= 4 is 5.78 Å². The van der Waals surface area contributed by atoms with Crippen LogP contribution in [0.1, 0.15) is 31.1 Å². The molecule has 0 fully saturated rings. The van der Waals surface area contributed by atoms with E-state index in [1.54, 1.807) is 25.6 Å². The smallest absolute Gasteiger partial charge is 0.193 e. The molecule has 0 saturated carbocycles. The second-order valence-corrected chi connectivity index (χ2v) is 4.11. The zero-order chi connectivity index (χ0) is 12.8. The Kier molecular flexibility index (Phi) is 5.10. The zero-order valence-electron chi connectivity index (χ0n) is 10.8. The number of ether oxygens (including phenoxy) is 2. The highest BCUT2D eigenvalue weighted by atomic mass is 16.5. The van der Waals surface area contributed by atoms with Gasteiger partial charge in [0.2, 0.25) is 0 Å². The number of carbonyl (C=O) groups is 1. The molecule has 17 heavy (non-hydrogen) atoms. The molecule has 0 saturated heterocycles. The first-order valence-electron chi connectivity index (χ1n) is 5.75. The van der Waals surface area contributed by atoms with E-state index < -0.39 is 6.10 Å². The topological polar surface area (TPSA) is 48.4 Å². The minimum Gasteiger partial charge on any atom is -0.492 e. The fraction of sp³-hybridized carbons (Fsp3) is 0.538. The lowest BCUT2D eigenvalue weighted by Crippen LogP contribution is -2.28. The van der Waals surface area contributed by atoms with Crippen molar-refractivity contribution in [3.8, 4) is 5.75 Å². The molecule has 1 heterocycles. The second kappa shape index (κ2) is 6.35. The van der Waals surface area contributed by atoms with Gasteiger partial charge in [0.1, 0.15) is 11.9 Å². The molecule has 1 unspecified atom stereocenters. The molecule has 4 nitrogen and oxygen atoms in total. The number of aromatic nitrogens is 1. The highest BCUT2D eigenvalue weighted by Gasteiger charge is 2.23. The lowest BCUT2D eigenvalue weighted by molar-refractivity contribution is 0.0458. The van der Waals surface area contributed by atoms with Gasteiger partial charge in [0.05, 0.1) is 12.8 Å². The van der Waals surface area contributed by atoms with Crippen LogP contribution in [0.25, 0.3) is 0 Å². The molecule has 0 radical (unpaired) electrons. The first-order valence-corrected chi connectivity index (χ1v) is 5.75. The molecule has 0 aromatic carbocycles. The third-order valence-electron chi connectivity index (χ3n) is 2.43. The van der Waals surface area contributed by atoms with E-state index in [-0.39, 0.29) is 11.7 Å². The molecule has 4 heteroatoms. The van der Waals surface area contributed by atoms with Crippen molar-refractivity contribution in [2.24, 2.45) is 5.92 Å². The van der Waals surface area contributed by atoms with Crippen LogP contribution in [0.2, 0.25) is 0 Å². The molecule has 0 amide bonds. The third kappa shape index (κ3) is 3.53. The predicted octanol–water partition coefficient (Wildman–Crippen LogP) is 2.33. The van der Waals surface area contributed by atoms with E-state index in [0.29, 0.717) is 17.9 Å². The van der Waals surface area contributed by atoms with Crippen LogP contribution in [0.5, 0.6) is 5.75 Å². The van der Waals surface area contributed by atoms with Crippen LogP contribution in [-0.4, -0.2) is 30.6 Å². The number of nitrogens with zero attached hydrogens (tertiary/aromatic N) is 1. The summed E-state index contributed by atoms with van der Waals surface area (Å²) in [4.78, 5) is 16.2. The molecular weight excluding hydrogens is 218 g/mol. The molecule has 1 aromatic heterocycles. The lowest BCUT2D eigenvalue weighted by Gasteiger charge is -2.17. The zero-order valence-corrected chi connectivity index (χ0v) is 10.8. The van der Waals surface area contributed by atoms with Gasteiger partial charge in [-0.15, -0.1) is 0 Å². The van der Waals surface area contributed by atoms with Crippen molar-refractivity contribution in [2.75, 3.05) is 13.7 Å². The number of rotatable bonds is 6. The fourth-order valence-electron chi connectivity index (χ4n) is 1.65. The summed E-state index contributed by atoms with van der Waals surface area (Å²) in [5, 5.41) is 0. The standard InChI is InChI=1S/C13H19NO3/c1-5-17-11-6-10(7-14-8-11)12(15)13(16-4)9(2)3/h6-9,13H,5H2,1-4H3. The summed E-state index contributed by atoms with van der Waals surface area (Å²) in [6, 6.07) is 1.70. The van der Waals surface area contributed by atoms with Gasteiger partial charge in [0.15, 0.2) is 5.78 Å². The van der Waals surface area contributed by atoms with E-state index in [4.69, 9.17) is 9.47 Å². The SMILES string of the molecule is CCOc1cncc(C(=O)C(OC)C(C)C)c1. The summed E-state index contributed by atoms with van der Waals surface area (Å²) in [5.74, 6) is 0.678. The number of Topliss-reactive ketones (excluding diaryl/α,β-unsaturated/α-hetero) is 1. The fourth-order valence-corrected chi connectivity index (χ4v) is 1.65. The molecule has 0 N–H and O–H groups in total. The van der Waals surface area contributed by atoms with E-state index in [1.165, 1.54) is 0 Å². The van der Waals surface area contributed by atoms with Crippen molar-refractivity contribution in [3.63, 3.8) is 0 Å². The number of hydrogen-bond donors (Lipinski definition) is 0. The molecule has 0 spiro atoms. The Labute approximate surface area is 102 Å². The Bertz CT molecular complexity index is 377. The van der Waals surface area contributed by atoms with E-state index >= 15 is 0 Å². The number of pyridine rings is 1. The first-order chi connectivity index (χ1) is 8.10. The van der Waals surface area contributed by atoms with Gasteiger partial charge in [-0.2, -0.15) is 0 Å². The van der Waals surface area contributed by atoms with Crippen molar-refractivity contribution in [1.29, 1.82) is 0 Å². The molecule has 0 aliphatic heterocycles. The van der Waals surface area contributed by atoms with Crippen LogP contribution in [0.4, 0.5) is 0 Å². The molecule has 1 rings (SSSR count). The van der Waals surface area contributed by atoms with Crippen molar-refractivity contribution in [1.82, 2.24) is 4.98 Å². The average Bonchev–Trinajstić information content (AvgIpc) is 2.30. The van der Waals surface area contributed by atoms with Crippen molar-refractivity contribution < 1.29 is 14.3 Å². The average molecular weight is 237 g/mol. The van der Waals surface area contributed by atoms with Crippen LogP contribution in [0.3, 0.4) is 0 Å². The Morgan fingerprint density at radius 3 is 2.65 bits per heavy atom. The van der Waals surface area contributed by atoms with Crippen molar-refractivity contribution in [2.45, 2.75) is 26.9 Å². The monoisotopic (exact) mass is 237 g/mol. The summed E-state index contributed by atoms with van der Waals surface area (Å²) >= 11 is 0. The minimum absolute atomic E-state index is 0.0587. The van der Waals surface area contributed by atoms with Gasteiger partial charge in [-0.1, -0.05) is 13.8 Å². The summed E-state index contributed by atoms with van der Waals surface area (Å²) in [6.07, 6.45) is 2.70. The summed E-state index contributed by atoms with van der Waals surface area (Å²) < 4.78 is 10.5. The van der Waals surface area contributed by atoms with E-state index in [2.05, 4.69) is 4.98 Å². The third-order valence-corrected chi connectivity index (χ3v) is 2.43. The molecule has 1 atom stereocenters. The molecule has 94 valence electrons. The quantitative estimate of drug-likeness (QED) is 0.712. The van der Waals surface area contributed by atoms with Gasteiger partial charge in [-0.25, -0.2) is 0 Å². The van der Waals surface area contributed by atoms with E-state index in [0.717, 1.165) is 0 Å². The van der Waals surface area contributed by atoms with Crippen LogP contribution in [0, 0.1) is 5.92 Å². The van der Waals surface area contributed by atoms with E-state index in [9.17, 15) is 4.79 Å². The normalized spacial score (nSPS) is 12.5. The van der Waals surface area contributed by atoms with Gasteiger partial charge < -0.3 is 9.47 Å². The predicted molar refractivity (Wildman–Crippen MR) is 65.4 cm³/mol. The molecular formula is C13H19NO3. The number of ketones is 1. The maximum absolute atomic E-state index is 12.2. The summed E-state index contributed by atoms with van der Waals surface area (Å²) in [6.45, 7) is 6.34. The maximum Gasteiger partial charge on any atom is 0.193 e. The number of methoxy groups -OCH3 is 1. The number of carbonyl (C=O) groups excluding carboxylic acids is 1. The van der Waals surface area contributed by atoms with Crippen LogP contribution in [0.15, 0.2) is 18.5 Å². The molecule has 0 aliphatic rings. The van der Waals surface area contributed by atoms with Crippen LogP contribution >= 0.6 is 0 Å². The van der Waals surface area contributed by atoms with Crippen molar-refractivity contribution in [3.05, 3.63) is 24.0 Å². The largest absolute Gasteiger partial charge is 0.492 e. The van der Waals surface area contributed by atoms with Crippen LogP contribution < -0.4 is 4.74 Å². The van der Waals surface area contributed by atoms with Gasteiger partial charge >= 0.3 is 0 Å². The van der Waals surface area contributed by atoms with Gasteiger partial charge in [-0.3, -0.25) is 9.78 Å². The Balaban J connectivity index is 2.91. The molecule has 1 aromatic rings. The Morgan fingerprint density at radius 2 is 2.12 bits per heavy atom. The number of hydrogen-bond acceptors (Lipinski definition) is 4. The lowest BCUT2D eigenvalue weighted by atomic mass is 9.98. The first kappa shape index (κ1) is 13.6. The summed E-state index contributed by atoms with van der Waals surface area (Å²) in [5.41, 5.74) is 0.525. The summed E-state index contributed by atoms with van der Waals surface area (Å²) in [7, 11) is 1.54. The Hall–Kier alpha value is -1.42. The van der Waals surface area contributed by atoms with E-state index in [1.807, 2.05) is 20.8 Å². The van der Waals surface area contributed by atoms with Gasteiger partial charge in [-0.05, 0) is 18.9 Å². The van der Waals surface area contributed by atoms with Gasteiger partial charge in [0, 0.05) is 18.9 Å². The molecule has 0 bridgehead atoms. The second-order valence-electron chi connectivity index (χ2n) is 4.11. The molecule has 0 aliphatic carbocycles. The maximum atomic E-state index is 12.2. The highest BCUT2D eigenvalue weighted by molar-refractivity contribution is 5.99. The highest BCUT2D eigenvalue weighted by Crippen LogP contribution is 2.17.